The number of hydrogen-bond acceptors (Lipinski definition) is 6. The van der Waals surface area contributed by atoms with Gasteiger partial charge < -0.3 is 5.32 Å². The van der Waals surface area contributed by atoms with E-state index in [-0.39, 0.29) is 5.91 Å². The Labute approximate surface area is 166 Å². The lowest BCUT2D eigenvalue weighted by Gasteiger charge is -2.10. The van der Waals surface area contributed by atoms with Crippen LogP contribution >= 0.6 is 11.3 Å². The number of fused-ring (bicyclic) bond motifs is 1. The summed E-state index contributed by atoms with van der Waals surface area (Å²) in [7, 11) is 0. The van der Waals surface area contributed by atoms with Gasteiger partial charge in [-0.25, -0.2) is 14.5 Å². The highest BCUT2D eigenvalue weighted by Gasteiger charge is 2.14. The molecule has 0 radical (unpaired) electrons. The zero-order valence-electron chi connectivity index (χ0n) is 15.9. The van der Waals surface area contributed by atoms with Gasteiger partial charge in [-0.3, -0.25) is 9.78 Å². The van der Waals surface area contributed by atoms with Crippen molar-refractivity contribution in [1.29, 1.82) is 0 Å². The first kappa shape index (κ1) is 18.2. The maximum atomic E-state index is 12.4. The lowest BCUT2D eigenvalue weighted by atomic mass is 10.1. The monoisotopic (exact) mass is 392 g/mol. The highest BCUT2D eigenvalue weighted by molar-refractivity contribution is 7.14. The van der Waals surface area contributed by atoms with E-state index in [1.165, 1.54) is 11.3 Å². The van der Waals surface area contributed by atoms with Crippen molar-refractivity contribution in [3.63, 3.8) is 0 Å². The van der Waals surface area contributed by atoms with E-state index in [0.717, 1.165) is 39.5 Å². The second-order valence-corrected chi connectivity index (χ2v) is 7.50. The molecule has 7 nitrogen and oxygen atoms in total. The van der Waals surface area contributed by atoms with Crippen molar-refractivity contribution in [2.45, 2.75) is 33.6 Å². The van der Waals surface area contributed by atoms with Crippen molar-refractivity contribution in [3.05, 3.63) is 58.6 Å². The van der Waals surface area contributed by atoms with Gasteiger partial charge in [0.1, 0.15) is 0 Å². The summed E-state index contributed by atoms with van der Waals surface area (Å²) < 4.78 is 1.84. The zero-order valence-corrected chi connectivity index (χ0v) is 16.7. The molecule has 0 saturated carbocycles. The van der Waals surface area contributed by atoms with Crippen LogP contribution in [0.2, 0.25) is 0 Å². The largest absolute Gasteiger partial charge is 0.302 e. The summed E-state index contributed by atoms with van der Waals surface area (Å²) in [4.78, 5) is 25.6. The second kappa shape index (κ2) is 7.47. The molecular weight excluding hydrogens is 372 g/mol. The number of aryl methyl sites for hydroxylation is 3. The quantitative estimate of drug-likeness (QED) is 0.559. The number of thiazole rings is 1. The van der Waals surface area contributed by atoms with Crippen LogP contribution in [-0.2, 0) is 11.2 Å². The van der Waals surface area contributed by atoms with Gasteiger partial charge in [0.15, 0.2) is 10.8 Å². The summed E-state index contributed by atoms with van der Waals surface area (Å²) in [6.07, 6.45) is 4.44. The summed E-state index contributed by atoms with van der Waals surface area (Å²) in [5.41, 5.74) is 6.52. The molecule has 0 unspecified atom stereocenters. The normalized spacial score (nSPS) is 11.1. The molecule has 1 N–H and O–H groups in total. The van der Waals surface area contributed by atoms with Crippen molar-refractivity contribution in [2.24, 2.45) is 0 Å². The van der Waals surface area contributed by atoms with E-state index < -0.39 is 0 Å². The van der Waals surface area contributed by atoms with Crippen molar-refractivity contribution >= 4 is 28.0 Å². The Balaban J connectivity index is 1.44. The van der Waals surface area contributed by atoms with Crippen molar-refractivity contribution < 1.29 is 4.79 Å². The van der Waals surface area contributed by atoms with Gasteiger partial charge in [-0.1, -0.05) is 0 Å². The molecule has 142 valence electrons. The third-order valence-electron chi connectivity index (χ3n) is 4.60. The Bertz CT molecular complexity index is 1150. The van der Waals surface area contributed by atoms with Gasteiger partial charge in [-0.15, -0.1) is 11.3 Å². The Morgan fingerprint density at radius 3 is 2.89 bits per heavy atom. The second-order valence-electron chi connectivity index (χ2n) is 6.64. The van der Waals surface area contributed by atoms with E-state index in [1.54, 1.807) is 12.4 Å². The Hall–Kier alpha value is -3.13. The molecule has 0 fully saturated rings. The van der Waals surface area contributed by atoms with Gasteiger partial charge in [0, 0.05) is 47.2 Å². The molecule has 0 bridgehead atoms. The summed E-state index contributed by atoms with van der Waals surface area (Å²) in [6, 6.07) is 5.77. The predicted octanol–water partition coefficient (Wildman–Crippen LogP) is 3.74. The van der Waals surface area contributed by atoms with Crippen molar-refractivity contribution in [1.82, 2.24) is 24.6 Å². The molecule has 28 heavy (non-hydrogen) atoms. The van der Waals surface area contributed by atoms with Gasteiger partial charge in [-0.05, 0) is 44.9 Å². The minimum absolute atomic E-state index is 0.0670. The Morgan fingerprint density at radius 1 is 1.25 bits per heavy atom. The van der Waals surface area contributed by atoms with Crippen LogP contribution in [0, 0.1) is 20.8 Å². The van der Waals surface area contributed by atoms with Gasteiger partial charge in [-0.2, -0.15) is 5.10 Å². The van der Waals surface area contributed by atoms with Crippen LogP contribution in [0.3, 0.4) is 0 Å². The molecule has 8 heteroatoms. The standard InChI is InChI=1S/C20H20N6OS/c1-12-9-18-22-13(2)16(14(3)26(18)25-12)6-7-19(27)24-20-23-17(11-28-20)15-5-4-8-21-10-15/h4-5,8-11H,6-7H2,1-3H3,(H,23,24,27). The first-order chi connectivity index (χ1) is 13.5. The fourth-order valence-electron chi connectivity index (χ4n) is 3.20. The van der Waals surface area contributed by atoms with Crippen LogP contribution in [-0.4, -0.2) is 30.5 Å². The van der Waals surface area contributed by atoms with Gasteiger partial charge in [0.25, 0.3) is 0 Å². The van der Waals surface area contributed by atoms with Crippen LogP contribution in [0.4, 0.5) is 5.13 Å². The lowest BCUT2D eigenvalue weighted by molar-refractivity contribution is -0.116. The summed E-state index contributed by atoms with van der Waals surface area (Å²) >= 11 is 1.41. The molecule has 0 atom stereocenters. The van der Waals surface area contributed by atoms with Crippen LogP contribution in [0.15, 0.2) is 36.0 Å². The highest BCUT2D eigenvalue weighted by Crippen LogP contribution is 2.24. The molecule has 4 aromatic heterocycles. The summed E-state index contributed by atoms with van der Waals surface area (Å²) in [6.45, 7) is 5.94. The van der Waals surface area contributed by atoms with Gasteiger partial charge in [0.2, 0.25) is 5.91 Å². The third kappa shape index (κ3) is 3.63. The van der Waals surface area contributed by atoms with Crippen LogP contribution < -0.4 is 5.32 Å². The number of amides is 1. The molecule has 0 saturated heterocycles. The Kier molecular flexibility index (Phi) is 4.87. The SMILES string of the molecule is Cc1cc2nc(C)c(CCC(=O)Nc3nc(-c4cccnc4)cs3)c(C)n2n1. The number of carbonyl (C=O) groups is 1. The number of hydrogen-bond donors (Lipinski definition) is 1. The molecule has 0 aliphatic heterocycles. The maximum Gasteiger partial charge on any atom is 0.226 e. The molecule has 0 spiro atoms. The molecule has 0 aromatic carbocycles. The topological polar surface area (TPSA) is 85.1 Å². The van der Waals surface area contributed by atoms with E-state index in [2.05, 4.69) is 25.4 Å². The van der Waals surface area contributed by atoms with E-state index in [0.29, 0.717) is 18.0 Å². The molecule has 1 amide bonds. The van der Waals surface area contributed by atoms with E-state index in [1.807, 2.05) is 48.9 Å². The Morgan fingerprint density at radius 2 is 2.11 bits per heavy atom. The minimum atomic E-state index is -0.0670. The van der Waals surface area contributed by atoms with Crippen molar-refractivity contribution in [3.8, 4) is 11.3 Å². The molecule has 4 heterocycles. The maximum absolute atomic E-state index is 12.4. The van der Waals surface area contributed by atoms with E-state index in [4.69, 9.17) is 0 Å². The highest BCUT2D eigenvalue weighted by atomic mass is 32.1. The molecule has 0 aliphatic rings. The summed E-state index contributed by atoms with van der Waals surface area (Å²) in [5, 5.41) is 9.88. The smallest absolute Gasteiger partial charge is 0.226 e. The molecule has 4 rings (SSSR count). The number of nitrogens with one attached hydrogen (secondary N) is 1. The van der Waals surface area contributed by atoms with Gasteiger partial charge >= 0.3 is 0 Å². The van der Waals surface area contributed by atoms with Gasteiger partial charge in [0.05, 0.1) is 11.4 Å². The molecule has 4 aromatic rings. The van der Waals surface area contributed by atoms with Crippen molar-refractivity contribution in [2.75, 3.05) is 5.32 Å². The third-order valence-corrected chi connectivity index (χ3v) is 5.35. The number of pyridine rings is 1. The lowest BCUT2D eigenvalue weighted by Crippen LogP contribution is -2.14. The first-order valence-electron chi connectivity index (χ1n) is 8.99. The number of nitrogens with zero attached hydrogens (tertiary/aromatic N) is 5. The van der Waals surface area contributed by atoms with Crippen LogP contribution in [0.5, 0.6) is 0 Å². The predicted molar refractivity (Wildman–Crippen MR) is 109 cm³/mol. The van der Waals surface area contributed by atoms with E-state index >= 15 is 0 Å². The van der Waals surface area contributed by atoms with E-state index in [9.17, 15) is 4.79 Å². The number of carbonyl (C=O) groups excluding carboxylic acids is 1. The average molecular weight is 392 g/mol. The fraction of sp³-hybridized carbons (Fsp3) is 0.250. The zero-order chi connectivity index (χ0) is 19.7. The number of anilines is 1. The van der Waals surface area contributed by atoms with Crippen LogP contribution in [0.25, 0.3) is 16.9 Å². The average Bonchev–Trinajstić information content (AvgIpc) is 3.28. The van der Waals surface area contributed by atoms with Crippen LogP contribution in [0.1, 0.15) is 29.1 Å². The molecular formula is C20H20N6OS. The minimum Gasteiger partial charge on any atom is -0.302 e. The molecule has 0 aliphatic carbocycles. The number of rotatable bonds is 5. The fourth-order valence-corrected chi connectivity index (χ4v) is 3.94. The first-order valence-corrected chi connectivity index (χ1v) is 9.87. The number of aromatic nitrogens is 5. The summed E-state index contributed by atoms with van der Waals surface area (Å²) in [5.74, 6) is -0.0670.